The van der Waals surface area contributed by atoms with Crippen LogP contribution in [0.1, 0.15) is 12.0 Å². The maximum Gasteiger partial charge on any atom is 0.298 e. The molecule has 178 valence electrons. The molecule has 0 amide bonds. The third kappa shape index (κ3) is 6.75. The Morgan fingerprint density at radius 1 is 1.33 bits per heavy atom. The number of β-amino-alcohol motifs (C(OH)–C–C–N with tert-alkyl or cyclic N) is 1. The molecule has 0 radical (unpaired) electrons. The van der Waals surface area contributed by atoms with Crippen molar-refractivity contribution in [1.29, 1.82) is 0 Å². The fraction of sp³-hybridized carbons (Fsp3) is 0.318. The Hall–Kier alpha value is -2.99. The normalized spacial score (nSPS) is 16.6. The molecule has 0 saturated carbocycles. The summed E-state index contributed by atoms with van der Waals surface area (Å²) < 4.78 is 53.2. The zero-order valence-corrected chi connectivity index (χ0v) is 18.8. The van der Waals surface area contributed by atoms with Crippen molar-refractivity contribution in [3.8, 4) is 5.75 Å². The van der Waals surface area contributed by atoms with E-state index < -0.39 is 10.1 Å². The number of rotatable bonds is 6. The Kier molecular flexibility index (Phi) is 8.03. The van der Waals surface area contributed by atoms with Crippen molar-refractivity contribution in [3.05, 3.63) is 59.9 Å². The first-order chi connectivity index (χ1) is 15.7. The number of aromatic nitrogens is 1. The van der Waals surface area contributed by atoms with E-state index >= 15 is 0 Å². The molecule has 4 N–H and O–H groups in total. The summed E-state index contributed by atoms with van der Waals surface area (Å²) >= 11 is 0. The van der Waals surface area contributed by atoms with Gasteiger partial charge in [-0.25, -0.2) is 4.39 Å². The average molecular weight is 480 g/mol. The lowest BCUT2D eigenvalue weighted by atomic mass is 10.2. The van der Waals surface area contributed by atoms with E-state index in [0.29, 0.717) is 47.7 Å². The summed E-state index contributed by atoms with van der Waals surface area (Å²) in [6.45, 7) is 3.30. The Bertz CT molecular complexity index is 1210. The number of oxazole rings is 1. The van der Waals surface area contributed by atoms with E-state index in [2.05, 4.69) is 4.98 Å². The second-order valence-corrected chi connectivity index (χ2v) is 8.98. The summed E-state index contributed by atoms with van der Waals surface area (Å²) in [6.07, 6.45) is 0.838. The number of fused-ring (bicyclic) bond motifs is 1. The third-order valence-corrected chi connectivity index (χ3v) is 5.81. The Labute approximate surface area is 191 Å². The molecule has 2 heterocycles. The fourth-order valence-corrected chi connectivity index (χ4v) is 3.53. The van der Waals surface area contributed by atoms with Crippen molar-refractivity contribution >= 4 is 27.2 Å². The first-order valence-electron chi connectivity index (χ1n) is 10.2. The minimum atomic E-state index is -4.02. The number of aliphatic hydroxyl groups excluding tert-OH is 1. The predicted octanol–water partition coefficient (Wildman–Crippen LogP) is 2.83. The van der Waals surface area contributed by atoms with Crippen LogP contribution in [-0.2, 0) is 10.1 Å². The molecule has 33 heavy (non-hydrogen) atoms. The number of ether oxygens (including phenoxy) is 1. The van der Waals surface area contributed by atoms with E-state index in [4.69, 9.17) is 19.4 Å². The van der Waals surface area contributed by atoms with Gasteiger partial charge >= 0.3 is 0 Å². The van der Waals surface area contributed by atoms with E-state index in [-0.39, 0.29) is 24.2 Å². The largest absolute Gasteiger partial charge is 0.489 e. The van der Waals surface area contributed by atoms with Gasteiger partial charge in [-0.05, 0) is 37.6 Å². The minimum Gasteiger partial charge on any atom is -0.489 e. The molecule has 3 aromatic rings. The predicted molar refractivity (Wildman–Crippen MR) is 122 cm³/mol. The first-order valence-corrected chi connectivity index (χ1v) is 11.6. The number of halogens is 1. The molecule has 1 saturated heterocycles. The van der Waals surface area contributed by atoms with Gasteiger partial charge in [0.15, 0.2) is 5.58 Å². The van der Waals surface area contributed by atoms with Crippen molar-refractivity contribution in [2.75, 3.05) is 31.1 Å². The summed E-state index contributed by atoms with van der Waals surface area (Å²) in [6, 6.07) is 11.7. The van der Waals surface area contributed by atoms with E-state index in [1.54, 1.807) is 30.3 Å². The van der Waals surface area contributed by atoms with Gasteiger partial charge in [-0.2, -0.15) is 13.4 Å². The summed E-state index contributed by atoms with van der Waals surface area (Å²) in [7, 11) is -4.02. The first kappa shape index (κ1) is 24.6. The molecular formula is C22H26FN3O6S. The summed E-state index contributed by atoms with van der Waals surface area (Å²) in [5.74, 6) is 0.560. The van der Waals surface area contributed by atoms with Crippen molar-refractivity contribution < 1.29 is 31.6 Å². The van der Waals surface area contributed by atoms with Gasteiger partial charge in [-0.3, -0.25) is 4.55 Å². The lowest BCUT2D eigenvalue weighted by Gasteiger charge is -2.10. The number of anilines is 1. The average Bonchev–Trinajstić information content (AvgIpc) is 3.40. The van der Waals surface area contributed by atoms with Gasteiger partial charge < -0.3 is 24.9 Å². The highest BCUT2D eigenvalue weighted by molar-refractivity contribution is 7.85. The van der Waals surface area contributed by atoms with Crippen LogP contribution in [0.4, 0.5) is 10.4 Å². The molecule has 1 aliphatic rings. The molecule has 0 spiro atoms. The van der Waals surface area contributed by atoms with Gasteiger partial charge in [0.05, 0.1) is 17.3 Å². The molecule has 1 atom stereocenters. The number of nitrogens with zero attached hydrogens (tertiary/aromatic N) is 2. The van der Waals surface area contributed by atoms with Crippen LogP contribution in [0.5, 0.6) is 5.75 Å². The number of aryl methyl sites for hydroxylation is 1. The zero-order chi connectivity index (χ0) is 24.0. The maximum absolute atomic E-state index is 12.4. The zero-order valence-electron chi connectivity index (χ0n) is 18.0. The molecule has 2 aromatic carbocycles. The highest BCUT2D eigenvalue weighted by Crippen LogP contribution is 2.27. The molecule has 9 nitrogen and oxygen atoms in total. The van der Waals surface area contributed by atoms with Crippen LogP contribution in [-0.4, -0.2) is 55.4 Å². The van der Waals surface area contributed by atoms with Crippen molar-refractivity contribution in [2.24, 2.45) is 5.73 Å². The van der Waals surface area contributed by atoms with Crippen molar-refractivity contribution in [2.45, 2.75) is 24.3 Å². The smallest absolute Gasteiger partial charge is 0.298 e. The van der Waals surface area contributed by atoms with Gasteiger partial charge in [0, 0.05) is 31.3 Å². The van der Waals surface area contributed by atoms with Crippen LogP contribution in [0.25, 0.3) is 11.1 Å². The van der Waals surface area contributed by atoms with Crippen LogP contribution in [0.15, 0.2) is 63.7 Å². The fourth-order valence-electron chi connectivity index (χ4n) is 3.05. The van der Waals surface area contributed by atoms with E-state index in [9.17, 15) is 17.9 Å². The van der Waals surface area contributed by atoms with E-state index in [1.807, 2.05) is 11.8 Å². The Morgan fingerprint density at radius 3 is 2.64 bits per heavy atom. The number of hydrogen-bond acceptors (Lipinski definition) is 8. The van der Waals surface area contributed by atoms with Crippen molar-refractivity contribution in [1.82, 2.24) is 4.98 Å². The molecule has 1 aromatic heterocycles. The standard InChI is InChI=1S/C15H18FN3O3.C7H8O3S/c16-6-10(7-17)9-21-12-1-2-13-14(5-12)22-15(18-13)19-4-3-11(20)8-19;1-6-2-4-7(5-3-6)11(8,9)10/h1-2,5-6,11,20H,3-4,7-9,17H2;2-5H,1H3,(H,8,9,10)/b10-6+;. The van der Waals surface area contributed by atoms with Gasteiger partial charge in [-0.15, -0.1) is 0 Å². The number of aliphatic hydroxyl groups is 1. The van der Waals surface area contributed by atoms with E-state index in [0.717, 1.165) is 12.1 Å². The lowest BCUT2D eigenvalue weighted by molar-refractivity contribution is 0.198. The SMILES string of the molecule is Cc1ccc(S(=O)(=O)O)cc1.NC/C(=C\F)COc1ccc2nc(N3CCC(O)C3)oc2c1. The van der Waals surface area contributed by atoms with E-state index in [1.165, 1.54) is 12.1 Å². The summed E-state index contributed by atoms with van der Waals surface area (Å²) in [5, 5.41) is 9.57. The van der Waals surface area contributed by atoms with Gasteiger partial charge in [0.1, 0.15) is 17.9 Å². The molecular weight excluding hydrogens is 453 g/mol. The van der Waals surface area contributed by atoms with Gasteiger partial charge in [-0.1, -0.05) is 17.7 Å². The van der Waals surface area contributed by atoms with Crippen LogP contribution in [0.3, 0.4) is 0 Å². The van der Waals surface area contributed by atoms with Crippen LogP contribution >= 0.6 is 0 Å². The quantitative estimate of drug-likeness (QED) is 0.455. The molecule has 4 rings (SSSR count). The molecule has 1 fully saturated rings. The minimum absolute atomic E-state index is 0.0666. The highest BCUT2D eigenvalue weighted by Gasteiger charge is 2.24. The number of benzene rings is 2. The monoisotopic (exact) mass is 479 g/mol. The Balaban J connectivity index is 0.000000235. The lowest BCUT2D eigenvalue weighted by Crippen LogP contribution is -2.21. The molecule has 1 unspecified atom stereocenters. The van der Waals surface area contributed by atoms with Gasteiger partial charge in [0.25, 0.3) is 16.1 Å². The highest BCUT2D eigenvalue weighted by atomic mass is 32.2. The number of hydrogen-bond donors (Lipinski definition) is 3. The van der Waals surface area contributed by atoms with Crippen LogP contribution < -0.4 is 15.4 Å². The Morgan fingerprint density at radius 2 is 2.06 bits per heavy atom. The van der Waals surface area contributed by atoms with Crippen LogP contribution in [0.2, 0.25) is 0 Å². The molecule has 0 bridgehead atoms. The maximum atomic E-state index is 12.4. The second-order valence-electron chi connectivity index (χ2n) is 7.56. The summed E-state index contributed by atoms with van der Waals surface area (Å²) in [5.41, 5.74) is 8.02. The summed E-state index contributed by atoms with van der Waals surface area (Å²) in [4.78, 5) is 6.24. The molecule has 0 aliphatic carbocycles. The second kappa shape index (κ2) is 10.8. The van der Waals surface area contributed by atoms with Crippen LogP contribution in [0, 0.1) is 6.92 Å². The topological polar surface area (TPSA) is 139 Å². The number of nitrogens with two attached hydrogens (primary N) is 1. The third-order valence-electron chi connectivity index (χ3n) is 4.94. The molecule has 11 heteroatoms. The van der Waals surface area contributed by atoms with Gasteiger partial charge in [0.2, 0.25) is 0 Å². The van der Waals surface area contributed by atoms with Crippen molar-refractivity contribution in [3.63, 3.8) is 0 Å². The molecule has 1 aliphatic heterocycles.